The fraction of sp³-hybridized carbons (Fsp3) is 0.200. The van der Waals surface area contributed by atoms with Crippen LogP contribution in [-0.4, -0.2) is 0 Å². The van der Waals surface area contributed by atoms with E-state index in [-0.39, 0.29) is 0 Å². The molecule has 3 aromatic rings. The Labute approximate surface area is 121 Å². The summed E-state index contributed by atoms with van der Waals surface area (Å²) in [5.41, 5.74) is 7.98. The van der Waals surface area contributed by atoms with Gasteiger partial charge >= 0.3 is 0 Å². The highest BCUT2D eigenvalue weighted by molar-refractivity contribution is 5.98. The summed E-state index contributed by atoms with van der Waals surface area (Å²) in [5, 5.41) is 2.68. The number of fused-ring (bicyclic) bond motifs is 1. The standard InChI is InChI=1S/C20H20/c1-13-5-7-16(4)18(10-13)20-12-15(3)9-17-8-6-14(2)11-19(17)20/h5-12H,1-4H3. The largest absolute Gasteiger partial charge is 0.0590 e. The maximum Gasteiger partial charge on any atom is -0.00999 e. The predicted molar refractivity (Wildman–Crippen MR) is 88.3 cm³/mol. The molecule has 0 aliphatic rings. The van der Waals surface area contributed by atoms with Crippen molar-refractivity contribution in [2.75, 3.05) is 0 Å². The zero-order valence-corrected chi connectivity index (χ0v) is 12.6. The smallest absolute Gasteiger partial charge is 0.00999 e. The number of aryl methyl sites for hydroxylation is 4. The topological polar surface area (TPSA) is 0 Å². The van der Waals surface area contributed by atoms with E-state index in [1.54, 1.807) is 0 Å². The van der Waals surface area contributed by atoms with E-state index in [0.717, 1.165) is 0 Å². The van der Waals surface area contributed by atoms with Gasteiger partial charge < -0.3 is 0 Å². The van der Waals surface area contributed by atoms with Gasteiger partial charge in [-0.2, -0.15) is 0 Å². The molecule has 0 heteroatoms. The average Bonchev–Trinajstić information content (AvgIpc) is 2.41. The van der Waals surface area contributed by atoms with Gasteiger partial charge in [-0.3, -0.25) is 0 Å². The maximum atomic E-state index is 2.31. The van der Waals surface area contributed by atoms with Gasteiger partial charge in [0.05, 0.1) is 0 Å². The highest BCUT2D eigenvalue weighted by atomic mass is 14.1. The zero-order valence-electron chi connectivity index (χ0n) is 12.6. The van der Waals surface area contributed by atoms with Crippen LogP contribution in [-0.2, 0) is 0 Å². The molecule has 3 rings (SSSR count). The minimum Gasteiger partial charge on any atom is -0.0590 e. The normalized spacial score (nSPS) is 11.0. The number of rotatable bonds is 1. The van der Waals surface area contributed by atoms with Crippen molar-refractivity contribution in [3.8, 4) is 11.1 Å². The zero-order chi connectivity index (χ0) is 14.3. The van der Waals surface area contributed by atoms with Gasteiger partial charge in [-0.05, 0) is 60.7 Å². The Hall–Kier alpha value is -2.08. The van der Waals surface area contributed by atoms with Crippen molar-refractivity contribution in [3.63, 3.8) is 0 Å². The predicted octanol–water partition coefficient (Wildman–Crippen LogP) is 5.74. The van der Waals surface area contributed by atoms with Crippen molar-refractivity contribution >= 4 is 10.8 Å². The molecular weight excluding hydrogens is 240 g/mol. The second-order valence-electron chi connectivity index (χ2n) is 5.86. The fourth-order valence-corrected chi connectivity index (χ4v) is 2.87. The number of hydrogen-bond acceptors (Lipinski definition) is 0. The molecule has 0 saturated carbocycles. The van der Waals surface area contributed by atoms with Gasteiger partial charge in [-0.1, -0.05) is 59.7 Å². The molecule has 0 aliphatic heterocycles. The maximum absolute atomic E-state index is 2.31. The van der Waals surface area contributed by atoms with Crippen molar-refractivity contribution < 1.29 is 0 Å². The van der Waals surface area contributed by atoms with Crippen molar-refractivity contribution in [1.29, 1.82) is 0 Å². The van der Waals surface area contributed by atoms with Crippen LogP contribution in [0.4, 0.5) is 0 Å². The molecular formula is C20H20. The summed E-state index contributed by atoms with van der Waals surface area (Å²) in [6.45, 7) is 8.69. The van der Waals surface area contributed by atoms with E-state index in [1.807, 2.05) is 0 Å². The molecule has 0 unspecified atom stereocenters. The molecule has 0 radical (unpaired) electrons. The summed E-state index contributed by atoms with van der Waals surface area (Å²) < 4.78 is 0. The molecule has 100 valence electrons. The van der Waals surface area contributed by atoms with E-state index in [4.69, 9.17) is 0 Å². The van der Waals surface area contributed by atoms with Crippen LogP contribution < -0.4 is 0 Å². The highest BCUT2D eigenvalue weighted by Crippen LogP contribution is 2.33. The van der Waals surface area contributed by atoms with Crippen LogP contribution in [0.1, 0.15) is 22.3 Å². The van der Waals surface area contributed by atoms with E-state index in [0.29, 0.717) is 0 Å². The Morgan fingerprint density at radius 1 is 0.550 bits per heavy atom. The van der Waals surface area contributed by atoms with Gasteiger partial charge in [0.2, 0.25) is 0 Å². The quantitative estimate of drug-likeness (QED) is 0.523. The van der Waals surface area contributed by atoms with Gasteiger partial charge in [-0.15, -0.1) is 0 Å². The SMILES string of the molecule is Cc1ccc(C)c(-c2cc(C)cc3ccc(C)cc23)c1. The Kier molecular flexibility index (Phi) is 3.10. The van der Waals surface area contributed by atoms with Crippen LogP contribution in [0.25, 0.3) is 21.9 Å². The minimum atomic E-state index is 1.31. The Morgan fingerprint density at radius 2 is 1.20 bits per heavy atom. The molecule has 0 fully saturated rings. The van der Waals surface area contributed by atoms with Gasteiger partial charge in [0, 0.05) is 0 Å². The van der Waals surface area contributed by atoms with Crippen LogP contribution in [0.3, 0.4) is 0 Å². The molecule has 0 aliphatic carbocycles. The molecule has 0 spiro atoms. The van der Waals surface area contributed by atoms with Crippen molar-refractivity contribution in [2.45, 2.75) is 27.7 Å². The molecule has 20 heavy (non-hydrogen) atoms. The van der Waals surface area contributed by atoms with Gasteiger partial charge in [-0.25, -0.2) is 0 Å². The second kappa shape index (κ2) is 4.79. The first-order valence-corrected chi connectivity index (χ1v) is 7.13. The Balaban J connectivity index is 2.40. The lowest BCUT2D eigenvalue weighted by molar-refractivity contribution is 1.39. The summed E-state index contributed by atoms with van der Waals surface area (Å²) >= 11 is 0. The van der Waals surface area contributed by atoms with Crippen LogP contribution in [0.5, 0.6) is 0 Å². The van der Waals surface area contributed by atoms with Crippen molar-refractivity contribution in [2.24, 2.45) is 0 Å². The van der Waals surface area contributed by atoms with E-state index in [9.17, 15) is 0 Å². The first-order chi connectivity index (χ1) is 9.54. The van der Waals surface area contributed by atoms with E-state index in [2.05, 4.69) is 76.2 Å². The molecule has 0 heterocycles. The second-order valence-corrected chi connectivity index (χ2v) is 5.86. The lowest BCUT2D eigenvalue weighted by Gasteiger charge is -2.13. The molecule has 3 aromatic carbocycles. The summed E-state index contributed by atoms with van der Waals surface area (Å²) in [6.07, 6.45) is 0. The lowest BCUT2D eigenvalue weighted by atomic mass is 9.91. The van der Waals surface area contributed by atoms with Crippen molar-refractivity contribution in [3.05, 3.63) is 70.8 Å². The Morgan fingerprint density at radius 3 is 2.00 bits per heavy atom. The van der Waals surface area contributed by atoms with Gasteiger partial charge in [0.25, 0.3) is 0 Å². The number of benzene rings is 3. The monoisotopic (exact) mass is 260 g/mol. The highest BCUT2D eigenvalue weighted by Gasteiger charge is 2.08. The molecule has 0 saturated heterocycles. The summed E-state index contributed by atoms with van der Waals surface area (Å²) in [7, 11) is 0. The molecule has 0 nitrogen and oxygen atoms in total. The molecule has 0 bridgehead atoms. The lowest BCUT2D eigenvalue weighted by Crippen LogP contribution is -1.89. The summed E-state index contributed by atoms with van der Waals surface area (Å²) in [6, 6.07) is 18.0. The third-order valence-electron chi connectivity index (χ3n) is 3.94. The Bertz CT molecular complexity index is 794. The van der Waals surface area contributed by atoms with Gasteiger partial charge in [0.15, 0.2) is 0 Å². The first-order valence-electron chi connectivity index (χ1n) is 7.13. The fourth-order valence-electron chi connectivity index (χ4n) is 2.87. The van der Waals surface area contributed by atoms with E-state index in [1.165, 1.54) is 44.2 Å². The van der Waals surface area contributed by atoms with Crippen LogP contribution in [0.15, 0.2) is 48.5 Å². The third-order valence-corrected chi connectivity index (χ3v) is 3.94. The molecule has 0 aromatic heterocycles. The summed E-state index contributed by atoms with van der Waals surface area (Å²) in [5.74, 6) is 0. The van der Waals surface area contributed by atoms with Crippen LogP contribution in [0, 0.1) is 27.7 Å². The summed E-state index contributed by atoms with van der Waals surface area (Å²) in [4.78, 5) is 0. The van der Waals surface area contributed by atoms with Crippen LogP contribution >= 0.6 is 0 Å². The molecule has 0 N–H and O–H groups in total. The van der Waals surface area contributed by atoms with Crippen LogP contribution in [0.2, 0.25) is 0 Å². The van der Waals surface area contributed by atoms with E-state index >= 15 is 0 Å². The minimum absolute atomic E-state index is 1.31. The van der Waals surface area contributed by atoms with Gasteiger partial charge in [0.1, 0.15) is 0 Å². The molecule has 0 atom stereocenters. The number of hydrogen-bond donors (Lipinski definition) is 0. The van der Waals surface area contributed by atoms with E-state index < -0.39 is 0 Å². The third kappa shape index (κ3) is 2.22. The molecule has 0 amide bonds. The first kappa shape index (κ1) is 12.9. The van der Waals surface area contributed by atoms with Crippen molar-refractivity contribution in [1.82, 2.24) is 0 Å². The average molecular weight is 260 g/mol.